The van der Waals surface area contributed by atoms with Gasteiger partial charge in [0.1, 0.15) is 5.75 Å². The molecule has 0 aliphatic heterocycles. The number of aliphatic carboxylic acids is 2. The van der Waals surface area contributed by atoms with E-state index in [9.17, 15) is 19.8 Å². The van der Waals surface area contributed by atoms with Crippen LogP contribution in [0.5, 0.6) is 5.75 Å². The highest BCUT2D eigenvalue weighted by Gasteiger charge is 2.48. The summed E-state index contributed by atoms with van der Waals surface area (Å²) in [5.74, 6) is -2.42. The second-order valence-electron chi connectivity index (χ2n) is 4.22. The van der Waals surface area contributed by atoms with Gasteiger partial charge in [0.2, 0.25) is 0 Å². The Kier molecular flexibility index (Phi) is 4.53. The molecule has 0 saturated heterocycles. The molecule has 0 aromatic heterocycles. The lowest BCUT2D eigenvalue weighted by Gasteiger charge is -2.26. The number of methoxy groups -OCH3 is 1. The van der Waals surface area contributed by atoms with Crippen molar-refractivity contribution in [3.63, 3.8) is 0 Å². The second kappa shape index (κ2) is 5.73. The molecular formula is C14H18O5. The monoisotopic (exact) mass is 266 g/mol. The number of carboxylic acid groups (broad SMARTS) is 2. The highest BCUT2D eigenvalue weighted by molar-refractivity contribution is 6.05. The number of benzene rings is 1. The van der Waals surface area contributed by atoms with Crippen LogP contribution in [0.4, 0.5) is 0 Å². The lowest BCUT2D eigenvalue weighted by molar-refractivity contribution is -0.158. The van der Waals surface area contributed by atoms with E-state index in [1.807, 2.05) is 6.92 Å². The van der Waals surface area contributed by atoms with Crippen molar-refractivity contribution in [2.24, 2.45) is 0 Å². The summed E-state index contributed by atoms with van der Waals surface area (Å²) in [6.07, 6.45) is 0.581. The molecule has 5 nitrogen and oxygen atoms in total. The van der Waals surface area contributed by atoms with Crippen LogP contribution in [0, 0.1) is 0 Å². The Morgan fingerprint density at radius 2 is 1.79 bits per heavy atom. The zero-order chi connectivity index (χ0) is 14.6. The van der Waals surface area contributed by atoms with Crippen LogP contribution in [0.2, 0.25) is 0 Å². The molecule has 0 heterocycles. The molecule has 0 saturated carbocycles. The standard InChI is InChI=1S/C14H18O5/c1-4-9-7-6-8-10(11(9)19-3)14(5-2,12(15)16)13(17)18/h6-8H,4-5H2,1-3H3,(H,15,16)(H,17,18). The summed E-state index contributed by atoms with van der Waals surface area (Å²) in [5, 5.41) is 18.8. The van der Waals surface area contributed by atoms with E-state index in [1.165, 1.54) is 13.2 Å². The van der Waals surface area contributed by atoms with Crippen molar-refractivity contribution < 1.29 is 24.5 Å². The molecule has 0 atom stereocenters. The zero-order valence-corrected chi connectivity index (χ0v) is 11.3. The fourth-order valence-corrected chi connectivity index (χ4v) is 2.26. The van der Waals surface area contributed by atoms with E-state index in [-0.39, 0.29) is 12.0 Å². The maximum absolute atomic E-state index is 11.5. The van der Waals surface area contributed by atoms with Crippen molar-refractivity contribution in [3.8, 4) is 5.75 Å². The lowest BCUT2D eigenvalue weighted by Crippen LogP contribution is -2.43. The van der Waals surface area contributed by atoms with Crippen molar-refractivity contribution >= 4 is 11.9 Å². The molecule has 0 radical (unpaired) electrons. The Hall–Kier alpha value is -2.04. The van der Waals surface area contributed by atoms with E-state index in [1.54, 1.807) is 19.1 Å². The van der Waals surface area contributed by atoms with Gasteiger partial charge in [-0.3, -0.25) is 9.59 Å². The first kappa shape index (κ1) is 15.0. The number of hydrogen-bond donors (Lipinski definition) is 2. The Morgan fingerprint density at radius 1 is 1.21 bits per heavy atom. The number of para-hydroxylation sites is 1. The van der Waals surface area contributed by atoms with Crippen LogP contribution in [0.15, 0.2) is 18.2 Å². The Labute approximate surface area is 111 Å². The predicted octanol–water partition coefficient (Wildman–Crippen LogP) is 2.07. The summed E-state index contributed by atoms with van der Waals surface area (Å²) in [5.41, 5.74) is -0.992. The van der Waals surface area contributed by atoms with Gasteiger partial charge in [-0.1, -0.05) is 32.0 Å². The van der Waals surface area contributed by atoms with Crippen LogP contribution in [0.25, 0.3) is 0 Å². The molecule has 1 aromatic carbocycles. The summed E-state index contributed by atoms with van der Waals surface area (Å²) in [7, 11) is 1.42. The van der Waals surface area contributed by atoms with Gasteiger partial charge < -0.3 is 14.9 Å². The SMILES string of the molecule is CCc1cccc(C(CC)(C(=O)O)C(=O)O)c1OC. The van der Waals surface area contributed by atoms with Gasteiger partial charge >= 0.3 is 11.9 Å². The lowest BCUT2D eigenvalue weighted by atomic mass is 9.77. The zero-order valence-electron chi connectivity index (χ0n) is 11.3. The molecule has 5 heteroatoms. The van der Waals surface area contributed by atoms with Gasteiger partial charge in [-0.15, -0.1) is 0 Å². The molecule has 0 aliphatic rings. The van der Waals surface area contributed by atoms with Crippen LogP contribution in [-0.4, -0.2) is 29.3 Å². The van der Waals surface area contributed by atoms with E-state index in [0.29, 0.717) is 12.2 Å². The average Bonchev–Trinajstić information content (AvgIpc) is 2.38. The maximum atomic E-state index is 11.5. The first-order chi connectivity index (χ1) is 8.95. The minimum atomic E-state index is -1.98. The van der Waals surface area contributed by atoms with Crippen molar-refractivity contribution in [1.82, 2.24) is 0 Å². The van der Waals surface area contributed by atoms with E-state index in [4.69, 9.17) is 4.74 Å². The average molecular weight is 266 g/mol. The van der Waals surface area contributed by atoms with Crippen LogP contribution in [0.3, 0.4) is 0 Å². The minimum absolute atomic E-state index is 0.0544. The molecule has 0 bridgehead atoms. The summed E-state index contributed by atoms with van der Waals surface area (Å²) in [4.78, 5) is 23.1. The molecule has 0 unspecified atom stereocenters. The third-order valence-electron chi connectivity index (χ3n) is 3.40. The summed E-state index contributed by atoms with van der Waals surface area (Å²) >= 11 is 0. The molecule has 19 heavy (non-hydrogen) atoms. The number of carbonyl (C=O) groups is 2. The maximum Gasteiger partial charge on any atom is 0.325 e. The Morgan fingerprint density at radius 3 is 2.16 bits per heavy atom. The van der Waals surface area contributed by atoms with Crippen LogP contribution >= 0.6 is 0 Å². The van der Waals surface area contributed by atoms with Gasteiger partial charge in [-0.2, -0.15) is 0 Å². The number of carboxylic acids is 2. The molecule has 0 amide bonds. The number of ether oxygens (including phenoxy) is 1. The number of rotatable bonds is 6. The Bertz CT molecular complexity index is 479. The molecule has 104 valence electrons. The van der Waals surface area contributed by atoms with Crippen molar-refractivity contribution in [1.29, 1.82) is 0 Å². The van der Waals surface area contributed by atoms with Gasteiger partial charge in [0.25, 0.3) is 0 Å². The summed E-state index contributed by atoms with van der Waals surface area (Å²) < 4.78 is 5.25. The highest BCUT2D eigenvalue weighted by Crippen LogP contribution is 2.37. The van der Waals surface area contributed by atoms with Crippen LogP contribution in [-0.2, 0) is 21.4 Å². The summed E-state index contributed by atoms with van der Waals surface area (Å²) in [6.45, 7) is 3.44. The van der Waals surface area contributed by atoms with Crippen molar-refractivity contribution in [2.45, 2.75) is 32.1 Å². The molecule has 2 N–H and O–H groups in total. The molecule has 1 aromatic rings. The third-order valence-corrected chi connectivity index (χ3v) is 3.40. The Balaban J connectivity index is 3.65. The normalized spacial score (nSPS) is 11.1. The second-order valence-corrected chi connectivity index (χ2v) is 4.22. The van der Waals surface area contributed by atoms with Gasteiger partial charge in [0.15, 0.2) is 5.41 Å². The van der Waals surface area contributed by atoms with Crippen LogP contribution < -0.4 is 4.74 Å². The number of hydrogen-bond acceptors (Lipinski definition) is 3. The van der Waals surface area contributed by atoms with Crippen LogP contribution in [0.1, 0.15) is 31.4 Å². The van der Waals surface area contributed by atoms with Gasteiger partial charge in [0.05, 0.1) is 7.11 Å². The third kappa shape index (κ3) is 2.28. The van der Waals surface area contributed by atoms with E-state index in [0.717, 1.165) is 5.56 Å². The first-order valence-corrected chi connectivity index (χ1v) is 6.08. The molecular weight excluding hydrogens is 248 g/mol. The molecule has 0 aliphatic carbocycles. The van der Waals surface area contributed by atoms with Crippen molar-refractivity contribution in [2.75, 3.05) is 7.11 Å². The molecule has 1 rings (SSSR count). The van der Waals surface area contributed by atoms with Gasteiger partial charge in [-0.05, 0) is 18.4 Å². The molecule has 0 fully saturated rings. The largest absolute Gasteiger partial charge is 0.496 e. The minimum Gasteiger partial charge on any atom is -0.496 e. The quantitative estimate of drug-likeness (QED) is 0.770. The number of aryl methyl sites for hydroxylation is 1. The summed E-state index contributed by atoms with van der Waals surface area (Å²) in [6, 6.07) is 4.96. The van der Waals surface area contributed by atoms with E-state index >= 15 is 0 Å². The molecule has 0 spiro atoms. The van der Waals surface area contributed by atoms with Crippen molar-refractivity contribution in [3.05, 3.63) is 29.3 Å². The predicted molar refractivity (Wildman–Crippen MR) is 69.6 cm³/mol. The van der Waals surface area contributed by atoms with E-state index in [2.05, 4.69) is 0 Å². The van der Waals surface area contributed by atoms with Gasteiger partial charge in [-0.25, -0.2) is 0 Å². The van der Waals surface area contributed by atoms with Gasteiger partial charge in [0, 0.05) is 5.56 Å². The smallest absolute Gasteiger partial charge is 0.325 e. The first-order valence-electron chi connectivity index (χ1n) is 6.08. The topological polar surface area (TPSA) is 83.8 Å². The van der Waals surface area contributed by atoms with E-state index < -0.39 is 17.4 Å². The fourth-order valence-electron chi connectivity index (χ4n) is 2.26. The fraction of sp³-hybridized carbons (Fsp3) is 0.429. The highest BCUT2D eigenvalue weighted by atomic mass is 16.5.